The zero-order valence-corrected chi connectivity index (χ0v) is 19.5. The Labute approximate surface area is 191 Å². The number of nitro groups is 1. The molecular formula is C25H38N2O5. The van der Waals surface area contributed by atoms with Crippen LogP contribution >= 0.6 is 0 Å². The van der Waals surface area contributed by atoms with Crippen LogP contribution in [0.1, 0.15) is 101 Å². The van der Waals surface area contributed by atoms with Crippen molar-refractivity contribution in [1.82, 2.24) is 5.32 Å². The average Bonchev–Trinajstić information content (AvgIpc) is 2.76. The Kier molecular flexibility index (Phi) is 11.4. The highest BCUT2D eigenvalue weighted by Crippen LogP contribution is 2.22. The number of ether oxygens (including phenoxy) is 1. The predicted molar refractivity (Wildman–Crippen MR) is 125 cm³/mol. The molecule has 178 valence electrons. The lowest BCUT2D eigenvalue weighted by Crippen LogP contribution is -2.50. The second kappa shape index (κ2) is 14.0. The van der Waals surface area contributed by atoms with Crippen LogP contribution in [0.3, 0.4) is 0 Å². The summed E-state index contributed by atoms with van der Waals surface area (Å²) < 4.78 is 5.66. The molecule has 1 aliphatic rings. The normalized spacial score (nSPS) is 20.6. The first-order valence-corrected chi connectivity index (χ1v) is 12.1. The number of non-ortho nitro benzene ring substituents is 1. The number of ketones is 1. The third-order valence-electron chi connectivity index (χ3n) is 6.26. The highest BCUT2D eigenvalue weighted by atomic mass is 16.6. The average molecular weight is 447 g/mol. The highest BCUT2D eigenvalue weighted by molar-refractivity contribution is 5.89. The van der Waals surface area contributed by atoms with Gasteiger partial charge in [-0.25, -0.2) is 4.79 Å². The summed E-state index contributed by atoms with van der Waals surface area (Å²) in [5.41, 5.74) is 0.297. The number of unbranched alkanes of at least 4 members (excludes halogenated alkanes) is 7. The second-order valence-corrected chi connectivity index (χ2v) is 9.05. The van der Waals surface area contributed by atoms with Crippen molar-refractivity contribution in [3.63, 3.8) is 0 Å². The Morgan fingerprint density at radius 2 is 1.59 bits per heavy atom. The van der Waals surface area contributed by atoms with Crippen LogP contribution in [0, 0.1) is 10.1 Å². The summed E-state index contributed by atoms with van der Waals surface area (Å²) in [6.45, 7) is 3.71. The molecule has 0 aliphatic carbocycles. The first-order chi connectivity index (χ1) is 15.4. The van der Waals surface area contributed by atoms with Gasteiger partial charge < -0.3 is 14.8 Å². The summed E-state index contributed by atoms with van der Waals surface area (Å²) in [6.07, 6.45) is 13.2. The number of carbonyl (C=O) groups excluding carboxylic acids is 2. The predicted octanol–water partition coefficient (Wildman–Crippen LogP) is 5.75. The highest BCUT2D eigenvalue weighted by Gasteiger charge is 2.29. The Morgan fingerprint density at radius 3 is 2.16 bits per heavy atom. The fourth-order valence-electron chi connectivity index (χ4n) is 4.32. The molecule has 0 spiro atoms. The zero-order chi connectivity index (χ0) is 23.3. The molecule has 32 heavy (non-hydrogen) atoms. The molecule has 1 aliphatic heterocycles. The molecule has 0 radical (unpaired) electrons. The Balaban J connectivity index is 1.56. The van der Waals surface area contributed by atoms with Crippen LogP contribution in [0.2, 0.25) is 0 Å². The lowest BCUT2D eigenvalue weighted by atomic mass is 9.93. The number of nitro benzene ring substituents is 1. The summed E-state index contributed by atoms with van der Waals surface area (Å²) in [5.74, 6) is -0.136. The molecule has 7 nitrogen and oxygen atoms in total. The van der Waals surface area contributed by atoms with Gasteiger partial charge in [-0.2, -0.15) is 0 Å². The first kappa shape index (κ1) is 26.0. The van der Waals surface area contributed by atoms with Crippen LogP contribution in [0.5, 0.6) is 0 Å². The second-order valence-electron chi connectivity index (χ2n) is 9.05. The van der Waals surface area contributed by atoms with Gasteiger partial charge in [0.1, 0.15) is 11.9 Å². The minimum absolute atomic E-state index is 0.0400. The molecule has 1 saturated heterocycles. The number of nitrogens with zero attached hydrogens (tertiary/aromatic N) is 1. The molecule has 1 heterocycles. The Hall–Kier alpha value is -2.28. The molecule has 0 saturated carbocycles. The maximum atomic E-state index is 12.4. The molecule has 3 atom stereocenters. The van der Waals surface area contributed by atoms with E-state index in [1.54, 1.807) is 6.92 Å². The van der Waals surface area contributed by atoms with Gasteiger partial charge in [-0.15, -0.1) is 0 Å². The minimum Gasteiger partial charge on any atom is -0.457 e. The SMILES string of the molecule is CC(=O)CCCCCCCCCC[C@H]1CC[C@@H](OC(=O)c2ccc([N+](=O)[O-])cc2)[C@@H](C)N1. The van der Waals surface area contributed by atoms with Gasteiger partial charge in [0.05, 0.1) is 10.5 Å². The van der Waals surface area contributed by atoms with Gasteiger partial charge in [0.25, 0.3) is 5.69 Å². The molecule has 0 amide bonds. The maximum absolute atomic E-state index is 12.4. The van der Waals surface area contributed by atoms with Gasteiger partial charge in [0.2, 0.25) is 0 Å². The van der Waals surface area contributed by atoms with Crippen molar-refractivity contribution < 1.29 is 19.2 Å². The quantitative estimate of drug-likeness (QED) is 0.169. The van der Waals surface area contributed by atoms with E-state index in [-0.39, 0.29) is 17.8 Å². The number of piperidine rings is 1. The number of hydrogen-bond donors (Lipinski definition) is 1. The molecule has 1 aromatic carbocycles. The molecule has 0 bridgehead atoms. The molecule has 0 aromatic heterocycles. The summed E-state index contributed by atoms with van der Waals surface area (Å²) in [7, 11) is 0. The van der Waals surface area contributed by atoms with Crippen LogP contribution in [-0.4, -0.2) is 34.9 Å². The number of esters is 1. The number of rotatable bonds is 14. The topological polar surface area (TPSA) is 98.5 Å². The third kappa shape index (κ3) is 9.47. The van der Waals surface area contributed by atoms with E-state index in [1.165, 1.54) is 69.2 Å². The molecule has 1 fully saturated rings. The Bertz CT molecular complexity index is 734. The van der Waals surface area contributed by atoms with Crippen LogP contribution in [0.4, 0.5) is 5.69 Å². The van der Waals surface area contributed by atoms with Crippen LogP contribution in [-0.2, 0) is 9.53 Å². The lowest BCUT2D eigenvalue weighted by Gasteiger charge is -2.35. The summed E-state index contributed by atoms with van der Waals surface area (Å²) in [6, 6.07) is 6.08. The zero-order valence-electron chi connectivity index (χ0n) is 19.5. The van der Waals surface area contributed by atoms with Crippen molar-refractivity contribution in [1.29, 1.82) is 0 Å². The van der Waals surface area contributed by atoms with E-state index in [4.69, 9.17) is 4.74 Å². The van der Waals surface area contributed by atoms with Gasteiger partial charge in [-0.3, -0.25) is 10.1 Å². The molecule has 7 heteroatoms. The Morgan fingerprint density at radius 1 is 1.00 bits per heavy atom. The van der Waals surface area contributed by atoms with Gasteiger partial charge in [-0.05, 0) is 51.7 Å². The fourth-order valence-corrected chi connectivity index (χ4v) is 4.32. The standard InChI is InChI=1S/C25H38N2O5/c1-19(28)11-9-7-5-3-4-6-8-10-12-22-15-18-24(20(2)26-22)32-25(29)21-13-16-23(17-14-21)27(30)31/h13-14,16-17,20,22,24,26H,3-12,15,18H2,1-2H3/t20-,22+,24-/m1/s1. The van der Waals surface area contributed by atoms with Crippen LogP contribution in [0.15, 0.2) is 24.3 Å². The molecule has 1 N–H and O–H groups in total. The number of Topliss-reactive ketones (excluding diaryl/α,β-unsaturated/α-hetero) is 1. The van der Waals surface area contributed by atoms with Crippen molar-refractivity contribution in [2.45, 2.75) is 109 Å². The molecule has 0 unspecified atom stereocenters. The van der Waals surface area contributed by atoms with E-state index < -0.39 is 10.9 Å². The monoisotopic (exact) mass is 446 g/mol. The van der Waals surface area contributed by atoms with Crippen molar-refractivity contribution in [3.8, 4) is 0 Å². The van der Waals surface area contributed by atoms with Gasteiger partial charge in [0.15, 0.2) is 0 Å². The lowest BCUT2D eigenvalue weighted by molar-refractivity contribution is -0.384. The van der Waals surface area contributed by atoms with Crippen molar-refractivity contribution in [2.75, 3.05) is 0 Å². The van der Waals surface area contributed by atoms with Crippen molar-refractivity contribution in [2.24, 2.45) is 0 Å². The van der Waals surface area contributed by atoms with E-state index in [2.05, 4.69) is 5.32 Å². The fraction of sp³-hybridized carbons (Fsp3) is 0.680. The molecular weight excluding hydrogens is 408 g/mol. The van der Waals surface area contributed by atoms with Gasteiger partial charge in [-0.1, -0.05) is 44.9 Å². The summed E-state index contributed by atoms with van der Waals surface area (Å²) in [5, 5.41) is 14.3. The van der Waals surface area contributed by atoms with E-state index in [0.29, 0.717) is 17.4 Å². The van der Waals surface area contributed by atoms with E-state index >= 15 is 0 Å². The number of hydrogen-bond acceptors (Lipinski definition) is 6. The number of benzene rings is 1. The largest absolute Gasteiger partial charge is 0.457 e. The van der Waals surface area contributed by atoms with Crippen LogP contribution < -0.4 is 5.32 Å². The number of nitrogens with one attached hydrogen (secondary N) is 1. The van der Waals surface area contributed by atoms with Crippen molar-refractivity contribution in [3.05, 3.63) is 39.9 Å². The van der Waals surface area contributed by atoms with Crippen molar-refractivity contribution >= 4 is 17.4 Å². The van der Waals surface area contributed by atoms with E-state index in [1.807, 2.05) is 6.92 Å². The van der Waals surface area contributed by atoms with Gasteiger partial charge >= 0.3 is 5.97 Å². The third-order valence-corrected chi connectivity index (χ3v) is 6.26. The smallest absolute Gasteiger partial charge is 0.338 e. The summed E-state index contributed by atoms with van der Waals surface area (Å²) in [4.78, 5) is 33.5. The van der Waals surface area contributed by atoms with Crippen LogP contribution in [0.25, 0.3) is 0 Å². The minimum atomic E-state index is -0.485. The molecule has 2 rings (SSSR count). The number of carbonyl (C=O) groups is 2. The first-order valence-electron chi connectivity index (χ1n) is 12.1. The van der Waals surface area contributed by atoms with Gasteiger partial charge in [0, 0.05) is 30.6 Å². The summed E-state index contributed by atoms with van der Waals surface area (Å²) >= 11 is 0. The molecule has 1 aromatic rings. The van der Waals surface area contributed by atoms with E-state index in [9.17, 15) is 19.7 Å². The van der Waals surface area contributed by atoms with E-state index in [0.717, 1.165) is 32.1 Å². The maximum Gasteiger partial charge on any atom is 0.338 e.